The Balaban J connectivity index is 1.47. The second-order valence-corrected chi connectivity index (χ2v) is 11.5. The lowest BCUT2D eigenvalue weighted by molar-refractivity contribution is -0.120. The molecule has 1 N–H and O–H groups in total. The molecule has 0 bridgehead atoms. The number of rotatable bonds is 5. The Labute approximate surface area is 181 Å². The van der Waals surface area contributed by atoms with Gasteiger partial charge in [-0.3, -0.25) is 4.79 Å². The van der Waals surface area contributed by atoms with Gasteiger partial charge in [-0.05, 0) is 43.2 Å². The Morgan fingerprint density at radius 1 is 1.31 bits per heavy atom. The van der Waals surface area contributed by atoms with E-state index in [1.807, 2.05) is 18.2 Å². The van der Waals surface area contributed by atoms with Gasteiger partial charge in [0.2, 0.25) is 5.91 Å². The van der Waals surface area contributed by atoms with E-state index in [1.165, 1.54) is 21.7 Å². The molecule has 1 saturated heterocycles. The molecule has 1 unspecified atom stereocenters. The van der Waals surface area contributed by atoms with Crippen LogP contribution in [0.1, 0.15) is 12.8 Å². The molecule has 1 amide bonds. The fourth-order valence-corrected chi connectivity index (χ4v) is 7.29. The summed E-state index contributed by atoms with van der Waals surface area (Å²) >= 11 is 8.26. The highest BCUT2D eigenvalue weighted by Gasteiger charge is 2.34. The van der Waals surface area contributed by atoms with Crippen LogP contribution in [-0.2, 0) is 14.8 Å². The van der Waals surface area contributed by atoms with Crippen molar-refractivity contribution in [3.05, 3.63) is 34.7 Å². The van der Waals surface area contributed by atoms with Gasteiger partial charge in [0, 0.05) is 13.1 Å². The van der Waals surface area contributed by atoms with Crippen molar-refractivity contribution in [1.29, 1.82) is 0 Å². The van der Waals surface area contributed by atoms with Gasteiger partial charge in [-0.1, -0.05) is 22.9 Å². The topological polar surface area (TPSA) is 88.6 Å². The number of methoxy groups -OCH3 is 1. The molecule has 11 heteroatoms. The Hall–Kier alpha value is -1.72. The van der Waals surface area contributed by atoms with E-state index in [0.29, 0.717) is 28.9 Å². The van der Waals surface area contributed by atoms with Crippen LogP contribution in [0.15, 0.2) is 34.5 Å². The number of thiazole rings is 1. The molecule has 0 spiro atoms. The van der Waals surface area contributed by atoms with E-state index >= 15 is 0 Å². The number of carbonyl (C=O) groups excluding carboxylic acids is 1. The number of hydrogen-bond donors (Lipinski definition) is 1. The Kier molecular flexibility index (Phi) is 5.80. The van der Waals surface area contributed by atoms with Gasteiger partial charge in [-0.25, -0.2) is 13.4 Å². The van der Waals surface area contributed by atoms with Crippen LogP contribution in [0.3, 0.4) is 0 Å². The Bertz CT molecular complexity index is 1160. The Morgan fingerprint density at radius 2 is 2.14 bits per heavy atom. The van der Waals surface area contributed by atoms with E-state index in [9.17, 15) is 13.2 Å². The van der Waals surface area contributed by atoms with Crippen molar-refractivity contribution in [2.45, 2.75) is 17.1 Å². The van der Waals surface area contributed by atoms with E-state index in [-0.39, 0.29) is 16.7 Å². The molecular weight excluding hydrogens is 454 g/mol. The second kappa shape index (κ2) is 8.19. The molecule has 29 heavy (non-hydrogen) atoms. The lowest BCUT2D eigenvalue weighted by Gasteiger charge is -2.30. The SMILES string of the molecule is COc1ccc2nc(NC(=O)C3CCCN(S(=O)(=O)c4ccc(Cl)s4)C3)sc2c1. The third-order valence-electron chi connectivity index (χ3n) is 4.72. The van der Waals surface area contributed by atoms with E-state index in [2.05, 4.69) is 10.3 Å². The van der Waals surface area contributed by atoms with Crippen molar-refractivity contribution >= 4 is 65.6 Å². The summed E-state index contributed by atoms with van der Waals surface area (Å²) < 4.78 is 33.8. The Morgan fingerprint density at radius 3 is 2.86 bits per heavy atom. The number of hydrogen-bond acceptors (Lipinski definition) is 7. The summed E-state index contributed by atoms with van der Waals surface area (Å²) in [6, 6.07) is 8.58. The number of amides is 1. The normalized spacial score (nSPS) is 18.1. The second-order valence-electron chi connectivity index (χ2n) is 6.60. The molecule has 1 aromatic carbocycles. The zero-order chi connectivity index (χ0) is 20.6. The predicted octanol–water partition coefficient (Wildman–Crippen LogP) is 4.06. The molecule has 3 aromatic rings. The number of fused-ring (bicyclic) bond motifs is 1. The molecule has 1 aliphatic rings. The summed E-state index contributed by atoms with van der Waals surface area (Å²) in [6.07, 6.45) is 1.25. The average molecular weight is 472 g/mol. The van der Waals surface area contributed by atoms with Gasteiger partial charge >= 0.3 is 0 Å². The number of halogens is 1. The highest BCUT2D eigenvalue weighted by molar-refractivity contribution is 7.91. The van der Waals surface area contributed by atoms with E-state index in [4.69, 9.17) is 16.3 Å². The number of benzene rings is 1. The molecule has 0 saturated carbocycles. The first-order valence-corrected chi connectivity index (χ1v) is 12.3. The van der Waals surface area contributed by atoms with Crippen LogP contribution in [0, 0.1) is 5.92 Å². The van der Waals surface area contributed by atoms with E-state index in [1.54, 1.807) is 13.2 Å². The van der Waals surface area contributed by atoms with Gasteiger partial charge in [0.1, 0.15) is 9.96 Å². The van der Waals surface area contributed by atoms with Gasteiger partial charge in [0.05, 0.1) is 27.6 Å². The minimum atomic E-state index is -3.65. The molecule has 0 aliphatic carbocycles. The zero-order valence-corrected chi connectivity index (χ0v) is 18.6. The number of piperidine rings is 1. The van der Waals surface area contributed by atoms with Crippen molar-refractivity contribution in [3.8, 4) is 5.75 Å². The predicted molar refractivity (Wildman–Crippen MR) is 116 cm³/mol. The van der Waals surface area contributed by atoms with Gasteiger partial charge in [0.15, 0.2) is 5.13 Å². The van der Waals surface area contributed by atoms with Crippen molar-refractivity contribution in [1.82, 2.24) is 9.29 Å². The van der Waals surface area contributed by atoms with Crippen molar-refractivity contribution < 1.29 is 17.9 Å². The number of aromatic nitrogens is 1. The summed E-state index contributed by atoms with van der Waals surface area (Å²) in [4.78, 5) is 17.2. The first-order chi connectivity index (χ1) is 13.9. The summed E-state index contributed by atoms with van der Waals surface area (Å²) in [6.45, 7) is 0.533. The van der Waals surface area contributed by atoms with Crippen LogP contribution in [0.25, 0.3) is 10.2 Å². The number of carbonyl (C=O) groups is 1. The maximum Gasteiger partial charge on any atom is 0.252 e. The maximum absolute atomic E-state index is 12.8. The molecule has 1 atom stereocenters. The van der Waals surface area contributed by atoms with Crippen LogP contribution >= 0.6 is 34.3 Å². The van der Waals surface area contributed by atoms with E-state index in [0.717, 1.165) is 27.3 Å². The van der Waals surface area contributed by atoms with Crippen LogP contribution in [0.2, 0.25) is 4.34 Å². The summed E-state index contributed by atoms with van der Waals surface area (Å²) in [5.74, 6) is 0.0662. The minimum absolute atomic E-state index is 0.141. The first kappa shape index (κ1) is 20.5. The monoisotopic (exact) mass is 471 g/mol. The molecule has 154 valence electrons. The standard InChI is InChI=1S/C18H18ClN3O4S3/c1-26-12-4-5-13-14(9-12)27-18(20-13)21-17(23)11-3-2-8-22(10-11)29(24,25)16-7-6-15(19)28-16/h4-7,9,11H,2-3,8,10H2,1H3,(H,20,21,23). The van der Waals surface area contributed by atoms with E-state index < -0.39 is 15.9 Å². The zero-order valence-electron chi connectivity index (χ0n) is 15.4. The lowest BCUT2D eigenvalue weighted by atomic mass is 9.99. The van der Waals surface area contributed by atoms with Crippen LogP contribution < -0.4 is 10.1 Å². The summed E-state index contributed by atoms with van der Waals surface area (Å²) in [5.41, 5.74) is 0.772. The molecule has 0 radical (unpaired) electrons. The highest BCUT2D eigenvalue weighted by atomic mass is 35.5. The summed E-state index contributed by atoms with van der Waals surface area (Å²) in [7, 11) is -2.05. The van der Waals surface area contributed by atoms with Gasteiger partial charge in [-0.15, -0.1) is 11.3 Å². The average Bonchev–Trinajstić information content (AvgIpc) is 3.33. The molecule has 3 heterocycles. The lowest BCUT2D eigenvalue weighted by Crippen LogP contribution is -2.43. The summed E-state index contributed by atoms with van der Waals surface area (Å²) in [5, 5.41) is 3.33. The third kappa shape index (κ3) is 4.26. The van der Waals surface area contributed by atoms with Crippen molar-refractivity contribution in [2.24, 2.45) is 5.92 Å². The number of nitrogens with one attached hydrogen (secondary N) is 1. The fraction of sp³-hybridized carbons (Fsp3) is 0.333. The highest BCUT2D eigenvalue weighted by Crippen LogP contribution is 2.32. The number of thiophene rings is 1. The number of sulfonamides is 1. The molecule has 7 nitrogen and oxygen atoms in total. The van der Waals surface area contributed by atoms with Crippen LogP contribution in [0.5, 0.6) is 5.75 Å². The molecule has 2 aromatic heterocycles. The minimum Gasteiger partial charge on any atom is -0.497 e. The van der Waals surface area contributed by atoms with Crippen molar-refractivity contribution in [3.63, 3.8) is 0 Å². The number of anilines is 1. The smallest absolute Gasteiger partial charge is 0.252 e. The number of ether oxygens (including phenoxy) is 1. The van der Waals surface area contributed by atoms with Gasteiger partial charge < -0.3 is 10.1 Å². The molecular formula is C18H18ClN3O4S3. The van der Waals surface area contributed by atoms with Crippen molar-refractivity contribution in [2.75, 3.05) is 25.5 Å². The molecule has 4 rings (SSSR count). The van der Waals surface area contributed by atoms with Gasteiger partial charge in [0.25, 0.3) is 10.0 Å². The number of nitrogens with zero attached hydrogens (tertiary/aromatic N) is 2. The van der Waals surface area contributed by atoms with Gasteiger partial charge in [-0.2, -0.15) is 4.31 Å². The molecule has 1 fully saturated rings. The van der Waals surface area contributed by atoms with Crippen LogP contribution in [0.4, 0.5) is 5.13 Å². The molecule has 1 aliphatic heterocycles. The fourth-order valence-electron chi connectivity index (χ4n) is 3.23. The largest absolute Gasteiger partial charge is 0.497 e. The van der Waals surface area contributed by atoms with Crippen LogP contribution in [-0.4, -0.2) is 43.8 Å². The first-order valence-electron chi connectivity index (χ1n) is 8.88. The quantitative estimate of drug-likeness (QED) is 0.606. The maximum atomic E-state index is 12.8. The third-order valence-corrected chi connectivity index (χ3v) is 9.22.